The maximum atomic E-state index is 5.07. The Labute approximate surface area is 106 Å². The topological polar surface area (TPSA) is 64.9 Å². The molecule has 0 saturated carbocycles. The monoisotopic (exact) mass is 247 g/mol. The lowest BCUT2D eigenvalue weighted by Crippen LogP contribution is -2.08. The minimum absolute atomic E-state index is 0.381. The van der Waals surface area contributed by atoms with Crippen molar-refractivity contribution in [3.8, 4) is 5.82 Å². The van der Waals surface area contributed by atoms with Crippen LogP contribution in [0.3, 0.4) is 0 Å². The van der Waals surface area contributed by atoms with Crippen LogP contribution < -0.4 is 5.32 Å². The van der Waals surface area contributed by atoms with Gasteiger partial charge in [0.1, 0.15) is 12.4 Å². The molecule has 0 spiro atoms. The van der Waals surface area contributed by atoms with E-state index in [9.17, 15) is 0 Å². The summed E-state index contributed by atoms with van der Waals surface area (Å²) in [6.45, 7) is 5.20. The van der Waals surface area contributed by atoms with Crippen molar-refractivity contribution in [3.63, 3.8) is 0 Å². The van der Waals surface area contributed by atoms with Crippen molar-refractivity contribution in [1.82, 2.24) is 19.7 Å². The Morgan fingerprint density at radius 3 is 2.83 bits per heavy atom. The van der Waals surface area contributed by atoms with E-state index in [1.54, 1.807) is 18.0 Å². The number of nitrogens with one attached hydrogen (secondary N) is 1. The summed E-state index contributed by atoms with van der Waals surface area (Å²) in [4.78, 5) is 8.77. The molecule has 1 N–H and O–H groups in total. The van der Waals surface area contributed by atoms with E-state index in [4.69, 9.17) is 4.74 Å². The normalized spacial score (nSPS) is 10.6. The number of hydrogen-bond donors (Lipinski definition) is 1. The van der Waals surface area contributed by atoms with Gasteiger partial charge < -0.3 is 10.1 Å². The molecule has 2 aromatic heterocycles. The first-order valence-corrected chi connectivity index (χ1v) is 5.85. The molecular weight excluding hydrogens is 230 g/mol. The fourth-order valence-electron chi connectivity index (χ4n) is 1.60. The van der Waals surface area contributed by atoms with Crippen molar-refractivity contribution in [2.45, 2.75) is 20.5 Å². The molecule has 2 heterocycles. The lowest BCUT2D eigenvalue weighted by Gasteiger charge is -2.08. The van der Waals surface area contributed by atoms with Crippen LogP contribution >= 0.6 is 0 Å². The fourth-order valence-corrected chi connectivity index (χ4v) is 1.60. The summed E-state index contributed by atoms with van der Waals surface area (Å²) < 4.78 is 6.81. The highest BCUT2D eigenvalue weighted by molar-refractivity contribution is 5.41. The van der Waals surface area contributed by atoms with Gasteiger partial charge in [-0.1, -0.05) is 0 Å². The number of aryl methyl sites for hydroxylation is 1. The van der Waals surface area contributed by atoms with E-state index < -0.39 is 0 Å². The van der Waals surface area contributed by atoms with Crippen molar-refractivity contribution >= 4 is 5.82 Å². The zero-order valence-corrected chi connectivity index (χ0v) is 10.8. The molecule has 0 radical (unpaired) electrons. The number of aromatic nitrogens is 4. The molecule has 2 aromatic rings. The maximum absolute atomic E-state index is 5.07. The molecule has 0 saturated heterocycles. The Morgan fingerprint density at radius 2 is 2.22 bits per heavy atom. The fraction of sp³-hybridized carbons (Fsp3) is 0.417. The van der Waals surface area contributed by atoms with Gasteiger partial charge in [0.05, 0.1) is 6.20 Å². The largest absolute Gasteiger partial charge is 0.377 e. The van der Waals surface area contributed by atoms with E-state index >= 15 is 0 Å². The van der Waals surface area contributed by atoms with E-state index in [0.29, 0.717) is 12.4 Å². The van der Waals surface area contributed by atoms with Crippen molar-refractivity contribution in [3.05, 3.63) is 29.8 Å². The summed E-state index contributed by atoms with van der Waals surface area (Å²) in [6.07, 6.45) is 3.72. The molecule has 0 bridgehead atoms. The number of nitrogens with zero attached hydrogens (tertiary/aromatic N) is 4. The van der Waals surface area contributed by atoms with E-state index in [-0.39, 0.29) is 0 Å². The van der Waals surface area contributed by atoms with Crippen LogP contribution in [0.15, 0.2) is 18.5 Å². The molecule has 0 fully saturated rings. The molecule has 0 aliphatic rings. The van der Waals surface area contributed by atoms with Crippen LogP contribution in [-0.4, -0.2) is 33.4 Å². The highest BCUT2D eigenvalue weighted by atomic mass is 16.5. The van der Waals surface area contributed by atoms with E-state index in [0.717, 1.165) is 23.7 Å². The van der Waals surface area contributed by atoms with Crippen LogP contribution in [0.1, 0.15) is 18.3 Å². The van der Waals surface area contributed by atoms with Gasteiger partial charge in [-0.05, 0) is 19.4 Å². The molecule has 0 unspecified atom stereocenters. The van der Waals surface area contributed by atoms with E-state index in [1.807, 2.05) is 26.1 Å². The number of anilines is 1. The third kappa shape index (κ3) is 2.84. The summed E-state index contributed by atoms with van der Waals surface area (Å²) in [6, 6.07) is 1.87. The van der Waals surface area contributed by atoms with Crippen LogP contribution in [-0.2, 0) is 11.3 Å². The molecule has 0 atom stereocenters. The number of methoxy groups -OCH3 is 1. The summed E-state index contributed by atoms with van der Waals surface area (Å²) in [5, 5.41) is 7.42. The Balaban J connectivity index is 2.39. The van der Waals surface area contributed by atoms with Crippen LogP contribution in [0.25, 0.3) is 5.82 Å². The third-order valence-electron chi connectivity index (χ3n) is 2.34. The average molecular weight is 247 g/mol. The Bertz CT molecular complexity index is 499. The summed E-state index contributed by atoms with van der Waals surface area (Å²) in [7, 11) is 1.63. The zero-order valence-electron chi connectivity index (χ0n) is 10.8. The van der Waals surface area contributed by atoms with Crippen LogP contribution in [0.5, 0.6) is 0 Å². The van der Waals surface area contributed by atoms with Crippen LogP contribution in [0.2, 0.25) is 0 Å². The summed E-state index contributed by atoms with van der Waals surface area (Å²) >= 11 is 0. The molecular formula is C12H17N5O. The molecule has 18 heavy (non-hydrogen) atoms. The van der Waals surface area contributed by atoms with Gasteiger partial charge in [0.15, 0.2) is 11.6 Å². The Hall–Kier alpha value is -1.95. The number of hydrogen-bond acceptors (Lipinski definition) is 5. The first-order chi connectivity index (χ1) is 8.72. The number of ether oxygens (including phenoxy) is 1. The summed E-state index contributed by atoms with van der Waals surface area (Å²) in [5.41, 5.74) is 1.09. The molecule has 0 aliphatic carbocycles. The highest BCUT2D eigenvalue weighted by Gasteiger charge is 2.06. The molecule has 6 heteroatoms. The molecule has 2 rings (SSSR count). The predicted octanol–water partition coefficient (Wildman–Crippen LogP) is 1.55. The van der Waals surface area contributed by atoms with Gasteiger partial charge in [-0.3, -0.25) is 0 Å². The molecule has 96 valence electrons. The van der Waals surface area contributed by atoms with Crippen LogP contribution in [0, 0.1) is 6.92 Å². The van der Waals surface area contributed by atoms with Gasteiger partial charge in [0.2, 0.25) is 0 Å². The second-order valence-corrected chi connectivity index (χ2v) is 3.95. The smallest absolute Gasteiger partial charge is 0.159 e. The Kier molecular flexibility index (Phi) is 3.88. The molecule has 0 amide bonds. The zero-order chi connectivity index (χ0) is 13.0. The number of rotatable bonds is 5. The SMILES string of the molecule is CCNc1cc(-n2cc(C)cn2)nc(COC)n1. The van der Waals surface area contributed by atoms with Gasteiger partial charge in [-0.25, -0.2) is 14.6 Å². The van der Waals surface area contributed by atoms with Crippen molar-refractivity contribution in [2.75, 3.05) is 19.0 Å². The second kappa shape index (κ2) is 5.59. The van der Waals surface area contributed by atoms with Crippen molar-refractivity contribution < 1.29 is 4.74 Å². The van der Waals surface area contributed by atoms with Gasteiger partial charge in [0.25, 0.3) is 0 Å². The molecule has 0 aliphatic heterocycles. The van der Waals surface area contributed by atoms with Crippen molar-refractivity contribution in [2.24, 2.45) is 0 Å². The quantitative estimate of drug-likeness (QED) is 0.868. The Morgan fingerprint density at radius 1 is 1.39 bits per heavy atom. The van der Waals surface area contributed by atoms with Crippen molar-refractivity contribution in [1.29, 1.82) is 0 Å². The average Bonchev–Trinajstić information content (AvgIpc) is 2.76. The van der Waals surface area contributed by atoms with Gasteiger partial charge >= 0.3 is 0 Å². The van der Waals surface area contributed by atoms with Gasteiger partial charge in [-0.15, -0.1) is 0 Å². The van der Waals surface area contributed by atoms with Crippen LogP contribution in [0.4, 0.5) is 5.82 Å². The first kappa shape index (κ1) is 12.5. The van der Waals surface area contributed by atoms with Gasteiger partial charge in [0, 0.05) is 25.9 Å². The molecule has 6 nitrogen and oxygen atoms in total. The second-order valence-electron chi connectivity index (χ2n) is 3.95. The maximum Gasteiger partial charge on any atom is 0.159 e. The molecule has 0 aromatic carbocycles. The minimum Gasteiger partial charge on any atom is -0.377 e. The van der Waals surface area contributed by atoms with Gasteiger partial charge in [-0.2, -0.15) is 5.10 Å². The lowest BCUT2D eigenvalue weighted by molar-refractivity contribution is 0.178. The minimum atomic E-state index is 0.381. The first-order valence-electron chi connectivity index (χ1n) is 5.85. The predicted molar refractivity (Wildman–Crippen MR) is 68.8 cm³/mol. The van der Waals surface area contributed by atoms with E-state index in [2.05, 4.69) is 20.4 Å². The lowest BCUT2D eigenvalue weighted by atomic mass is 10.4. The standard InChI is InChI=1S/C12H17N5O/c1-4-13-10-5-12(16-11(15-10)8-18-3)17-7-9(2)6-14-17/h5-7H,4,8H2,1-3H3,(H,13,15,16). The summed E-state index contributed by atoms with van der Waals surface area (Å²) in [5.74, 6) is 2.16. The van der Waals surface area contributed by atoms with E-state index in [1.165, 1.54) is 0 Å². The third-order valence-corrected chi connectivity index (χ3v) is 2.34. The highest BCUT2D eigenvalue weighted by Crippen LogP contribution is 2.11.